The van der Waals surface area contributed by atoms with Gasteiger partial charge in [-0.1, -0.05) is 62.9 Å². The zero-order valence-electron chi connectivity index (χ0n) is 12.2. The van der Waals surface area contributed by atoms with E-state index in [1.54, 1.807) is 0 Å². The summed E-state index contributed by atoms with van der Waals surface area (Å²) in [5.41, 5.74) is 0. The van der Waals surface area contributed by atoms with Crippen molar-refractivity contribution >= 4 is 14.1 Å². The van der Waals surface area contributed by atoms with Crippen molar-refractivity contribution in [3.63, 3.8) is 0 Å². The molecule has 1 atom stereocenters. The monoisotopic (exact) mass is 254 g/mol. The maximum Gasteiger partial charge on any atom is 0.306 e. The molecular weight excluding hydrogens is 223 g/mol. The largest absolute Gasteiger partial charge is 0.393 e. The quantitative estimate of drug-likeness (QED) is 0.445. The first kappa shape index (κ1) is 15.5. The summed E-state index contributed by atoms with van der Waals surface area (Å²) in [6.45, 7) is 8.11. The second-order valence-electron chi connectivity index (χ2n) is 6.14. The summed E-state index contributed by atoms with van der Waals surface area (Å²) in [7, 11) is 0. The lowest BCUT2D eigenvalue weighted by atomic mass is 10.2. The summed E-state index contributed by atoms with van der Waals surface area (Å²) < 4.78 is 6.06. The SMILES string of the molecule is CCCCC[CH2][Al]([CH2]C(C)C)[CH]1CCCCO1. The van der Waals surface area contributed by atoms with Crippen LogP contribution in [0.3, 0.4) is 0 Å². The molecule has 17 heavy (non-hydrogen) atoms. The van der Waals surface area contributed by atoms with Crippen LogP contribution in [0.25, 0.3) is 0 Å². The Hall–Kier alpha value is 0.492. The van der Waals surface area contributed by atoms with Gasteiger partial charge < -0.3 is 4.74 Å². The van der Waals surface area contributed by atoms with Crippen LogP contribution in [-0.4, -0.2) is 25.7 Å². The molecule has 1 heterocycles. The van der Waals surface area contributed by atoms with Gasteiger partial charge in [0.2, 0.25) is 0 Å². The van der Waals surface area contributed by atoms with Crippen molar-refractivity contribution in [2.75, 3.05) is 6.61 Å². The third kappa shape index (κ3) is 6.85. The lowest BCUT2D eigenvalue weighted by molar-refractivity contribution is 0.0617. The van der Waals surface area contributed by atoms with Crippen LogP contribution < -0.4 is 0 Å². The summed E-state index contributed by atoms with van der Waals surface area (Å²) in [5.74, 6) is 0.878. The van der Waals surface area contributed by atoms with Crippen LogP contribution in [0.4, 0.5) is 0 Å². The Kier molecular flexibility index (Phi) is 8.62. The number of hydrogen-bond donors (Lipinski definition) is 0. The topological polar surface area (TPSA) is 9.23 Å². The predicted molar refractivity (Wildman–Crippen MR) is 77.9 cm³/mol. The molecule has 0 amide bonds. The van der Waals surface area contributed by atoms with Crippen LogP contribution in [0.1, 0.15) is 65.7 Å². The Balaban J connectivity index is 2.30. The Labute approximate surface area is 113 Å². The van der Waals surface area contributed by atoms with E-state index in [0.717, 1.165) is 12.5 Å². The van der Waals surface area contributed by atoms with E-state index in [-0.39, 0.29) is 0 Å². The van der Waals surface area contributed by atoms with Gasteiger partial charge in [-0.25, -0.2) is 0 Å². The van der Waals surface area contributed by atoms with Crippen molar-refractivity contribution in [3.05, 3.63) is 0 Å². The van der Waals surface area contributed by atoms with Gasteiger partial charge >= 0.3 is 14.1 Å². The molecule has 0 aromatic heterocycles. The van der Waals surface area contributed by atoms with Gasteiger partial charge in [-0.05, 0) is 19.3 Å². The molecule has 1 saturated heterocycles. The van der Waals surface area contributed by atoms with Crippen LogP contribution in [0.2, 0.25) is 10.6 Å². The van der Waals surface area contributed by atoms with Crippen molar-refractivity contribution < 1.29 is 4.74 Å². The zero-order chi connectivity index (χ0) is 12.5. The van der Waals surface area contributed by atoms with Crippen LogP contribution in [0.5, 0.6) is 0 Å². The summed E-state index contributed by atoms with van der Waals surface area (Å²) in [5, 5.41) is 3.03. The minimum absolute atomic E-state index is 0.638. The second-order valence-corrected chi connectivity index (χ2v) is 9.46. The third-order valence-corrected chi connectivity index (χ3v) is 8.22. The summed E-state index contributed by atoms with van der Waals surface area (Å²) in [6.07, 6.45) is 9.79. The maximum atomic E-state index is 6.06. The fourth-order valence-electron chi connectivity index (χ4n) is 3.03. The molecule has 1 fully saturated rings. The molecule has 0 radical (unpaired) electrons. The first-order valence-corrected chi connectivity index (χ1v) is 10.2. The Morgan fingerprint density at radius 1 is 1.18 bits per heavy atom. The van der Waals surface area contributed by atoms with Gasteiger partial charge in [-0.3, -0.25) is 0 Å². The van der Waals surface area contributed by atoms with E-state index >= 15 is 0 Å². The van der Waals surface area contributed by atoms with Gasteiger partial charge in [0, 0.05) is 11.6 Å². The van der Waals surface area contributed by atoms with Crippen LogP contribution in [0.15, 0.2) is 0 Å². The Morgan fingerprint density at radius 2 is 2.00 bits per heavy atom. The van der Waals surface area contributed by atoms with E-state index in [1.807, 2.05) is 0 Å². The lowest BCUT2D eigenvalue weighted by Crippen LogP contribution is -2.36. The highest BCUT2D eigenvalue weighted by Gasteiger charge is 2.30. The van der Waals surface area contributed by atoms with E-state index in [9.17, 15) is 0 Å². The smallest absolute Gasteiger partial charge is 0.306 e. The molecular formula is C15H31AlO. The fraction of sp³-hybridized carbons (Fsp3) is 1.00. The molecule has 0 saturated carbocycles. The molecule has 0 spiro atoms. The molecule has 0 aliphatic carbocycles. The molecule has 1 unspecified atom stereocenters. The van der Waals surface area contributed by atoms with Gasteiger partial charge in [0.05, 0.1) is 0 Å². The van der Waals surface area contributed by atoms with E-state index in [2.05, 4.69) is 20.8 Å². The van der Waals surface area contributed by atoms with Crippen molar-refractivity contribution in [2.24, 2.45) is 5.92 Å². The highest BCUT2D eigenvalue weighted by Crippen LogP contribution is 2.24. The van der Waals surface area contributed by atoms with Gasteiger partial charge in [0.15, 0.2) is 0 Å². The van der Waals surface area contributed by atoms with Crippen molar-refractivity contribution in [1.29, 1.82) is 0 Å². The van der Waals surface area contributed by atoms with Gasteiger partial charge in [-0.15, -0.1) is 0 Å². The molecule has 0 aromatic rings. The molecule has 1 rings (SSSR count). The normalized spacial score (nSPS) is 20.8. The van der Waals surface area contributed by atoms with E-state index in [1.165, 1.54) is 55.5 Å². The fourth-order valence-corrected chi connectivity index (χ4v) is 7.08. The third-order valence-electron chi connectivity index (χ3n) is 3.94. The van der Waals surface area contributed by atoms with E-state index in [0.29, 0.717) is 4.97 Å². The average molecular weight is 254 g/mol. The van der Waals surface area contributed by atoms with Gasteiger partial charge in [0.25, 0.3) is 0 Å². The standard InChI is InChI=1S/C6H13.C5H9O.C4H9.Al/c1-3-5-6-4-2;1-2-4-6-5-3-1;1-4(2)3;/h1,3-6H2,2H3;4H,1-3,5H2;4H,1H2,2-3H3;. The van der Waals surface area contributed by atoms with Crippen LogP contribution in [-0.2, 0) is 4.74 Å². The molecule has 1 aliphatic heterocycles. The van der Waals surface area contributed by atoms with Crippen molar-refractivity contribution in [2.45, 2.75) is 81.2 Å². The Bertz CT molecular complexity index is 176. The minimum atomic E-state index is -0.638. The van der Waals surface area contributed by atoms with Crippen molar-refractivity contribution in [3.8, 4) is 0 Å². The molecule has 100 valence electrons. The summed E-state index contributed by atoms with van der Waals surface area (Å²) >= 11 is -0.638. The molecule has 0 aromatic carbocycles. The molecule has 1 aliphatic rings. The predicted octanol–water partition coefficient (Wildman–Crippen LogP) is 4.83. The number of rotatable bonds is 8. The molecule has 0 bridgehead atoms. The summed E-state index contributed by atoms with van der Waals surface area (Å²) in [4.78, 5) is 0.716. The number of hydrogen-bond acceptors (Lipinski definition) is 1. The number of unbranched alkanes of at least 4 members (excludes halogenated alkanes) is 3. The maximum absolute atomic E-state index is 6.06. The highest BCUT2D eigenvalue weighted by molar-refractivity contribution is 6.60. The van der Waals surface area contributed by atoms with Gasteiger partial charge in [-0.2, -0.15) is 0 Å². The molecule has 0 N–H and O–H groups in total. The van der Waals surface area contributed by atoms with Crippen LogP contribution in [0, 0.1) is 5.92 Å². The lowest BCUT2D eigenvalue weighted by Gasteiger charge is -2.28. The zero-order valence-corrected chi connectivity index (χ0v) is 13.4. The number of ether oxygens (including phenoxy) is 1. The molecule has 1 nitrogen and oxygen atoms in total. The van der Waals surface area contributed by atoms with Crippen molar-refractivity contribution in [1.82, 2.24) is 0 Å². The van der Waals surface area contributed by atoms with E-state index in [4.69, 9.17) is 4.74 Å². The second kappa shape index (κ2) is 9.43. The van der Waals surface area contributed by atoms with Gasteiger partial charge in [0.1, 0.15) is 0 Å². The van der Waals surface area contributed by atoms with Crippen LogP contribution >= 0.6 is 0 Å². The highest BCUT2D eigenvalue weighted by atomic mass is 27.2. The average Bonchev–Trinajstić information content (AvgIpc) is 2.34. The first-order chi connectivity index (χ1) is 8.24. The minimum Gasteiger partial charge on any atom is -0.393 e. The first-order valence-electron chi connectivity index (χ1n) is 7.85. The summed E-state index contributed by atoms with van der Waals surface area (Å²) in [6, 6.07) is 0. The van der Waals surface area contributed by atoms with E-state index < -0.39 is 14.1 Å². The Morgan fingerprint density at radius 3 is 2.59 bits per heavy atom. The molecule has 2 heteroatoms.